The van der Waals surface area contributed by atoms with Crippen LogP contribution in [0.3, 0.4) is 0 Å². The van der Waals surface area contributed by atoms with Gasteiger partial charge in [-0.2, -0.15) is 0 Å². The standard InChI is InChI=1S/C36H62O4/c1-4-7-10-13-16-17-18-19-20-23-27-32-28-26-29-33(39-34(37)30-24-21-14-11-8-5-2)36(32)40-35(38)31-25-22-15-12-9-6-3/h26,28-29H,4-25,27,30-31H2,1-3H3. The number of carbonyl (C=O) groups is 2. The number of unbranched alkanes of at least 4 members (excludes halogenated alkanes) is 19. The second-order valence-electron chi connectivity index (χ2n) is 11.7. The Morgan fingerprint density at radius 2 is 0.900 bits per heavy atom. The number of esters is 2. The first kappa shape index (κ1) is 36.2. The van der Waals surface area contributed by atoms with Crippen molar-refractivity contribution in [2.75, 3.05) is 0 Å². The van der Waals surface area contributed by atoms with Gasteiger partial charge in [-0.3, -0.25) is 9.59 Å². The third kappa shape index (κ3) is 19.3. The Labute approximate surface area is 247 Å². The van der Waals surface area contributed by atoms with Crippen molar-refractivity contribution < 1.29 is 19.1 Å². The van der Waals surface area contributed by atoms with Gasteiger partial charge in [0.05, 0.1) is 0 Å². The molecule has 4 nitrogen and oxygen atoms in total. The van der Waals surface area contributed by atoms with E-state index in [4.69, 9.17) is 9.47 Å². The van der Waals surface area contributed by atoms with Crippen molar-refractivity contribution in [3.8, 4) is 11.5 Å². The fraction of sp³-hybridized carbons (Fsp3) is 0.778. The molecule has 0 amide bonds. The number of aryl methyl sites for hydroxylation is 1. The molecule has 0 unspecified atom stereocenters. The van der Waals surface area contributed by atoms with Gasteiger partial charge in [0.25, 0.3) is 0 Å². The Morgan fingerprint density at radius 1 is 0.500 bits per heavy atom. The smallest absolute Gasteiger partial charge is 0.311 e. The van der Waals surface area contributed by atoms with Crippen molar-refractivity contribution >= 4 is 11.9 Å². The number of carbonyl (C=O) groups excluding carboxylic acids is 2. The Kier molecular flexibility index (Phi) is 23.6. The minimum Gasteiger partial charge on any atom is -0.423 e. The zero-order valence-corrected chi connectivity index (χ0v) is 26.5. The van der Waals surface area contributed by atoms with Gasteiger partial charge >= 0.3 is 11.9 Å². The van der Waals surface area contributed by atoms with E-state index in [0.29, 0.717) is 24.3 Å². The molecular formula is C36H62O4. The number of ether oxygens (including phenoxy) is 2. The monoisotopic (exact) mass is 558 g/mol. The molecule has 0 aliphatic heterocycles. The lowest BCUT2D eigenvalue weighted by Gasteiger charge is -2.15. The van der Waals surface area contributed by atoms with Crippen LogP contribution >= 0.6 is 0 Å². The van der Waals surface area contributed by atoms with E-state index in [9.17, 15) is 9.59 Å². The normalized spacial score (nSPS) is 11.1. The highest BCUT2D eigenvalue weighted by Gasteiger charge is 2.18. The van der Waals surface area contributed by atoms with Gasteiger partial charge < -0.3 is 9.47 Å². The molecule has 0 radical (unpaired) electrons. The van der Waals surface area contributed by atoms with Gasteiger partial charge in [-0.05, 0) is 37.3 Å². The van der Waals surface area contributed by atoms with E-state index >= 15 is 0 Å². The lowest BCUT2D eigenvalue weighted by molar-refractivity contribution is -0.137. The van der Waals surface area contributed by atoms with Crippen LogP contribution in [0, 0.1) is 0 Å². The molecule has 0 atom stereocenters. The van der Waals surface area contributed by atoms with E-state index in [2.05, 4.69) is 20.8 Å². The van der Waals surface area contributed by atoms with Gasteiger partial charge in [-0.1, -0.05) is 155 Å². The van der Waals surface area contributed by atoms with Gasteiger partial charge in [0.15, 0.2) is 11.5 Å². The van der Waals surface area contributed by atoms with Crippen molar-refractivity contribution in [3.05, 3.63) is 23.8 Å². The first-order valence-corrected chi connectivity index (χ1v) is 17.2. The number of para-hydroxylation sites is 1. The molecule has 1 aromatic carbocycles. The predicted molar refractivity (Wildman–Crippen MR) is 169 cm³/mol. The van der Waals surface area contributed by atoms with Gasteiger partial charge in [0, 0.05) is 12.8 Å². The van der Waals surface area contributed by atoms with Crippen LogP contribution in [0.5, 0.6) is 11.5 Å². The summed E-state index contributed by atoms with van der Waals surface area (Å²) in [4.78, 5) is 25.4. The predicted octanol–water partition coefficient (Wildman–Crippen LogP) is 11.5. The van der Waals surface area contributed by atoms with Crippen LogP contribution < -0.4 is 9.47 Å². The second-order valence-corrected chi connectivity index (χ2v) is 11.7. The third-order valence-corrected chi connectivity index (χ3v) is 7.77. The number of benzene rings is 1. The minimum absolute atomic E-state index is 0.223. The Morgan fingerprint density at radius 3 is 1.38 bits per heavy atom. The van der Waals surface area contributed by atoms with Crippen LogP contribution in [0.1, 0.15) is 180 Å². The highest BCUT2D eigenvalue weighted by atomic mass is 16.6. The lowest BCUT2D eigenvalue weighted by Crippen LogP contribution is -2.13. The van der Waals surface area contributed by atoms with Crippen molar-refractivity contribution in [2.24, 2.45) is 0 Å². The van der Waals surface area contributed by atoms with E-state index in [1.165, 1.54) is 96.3 Å². The number of hydrogen-bond acceptors (Lipinski definition) is 4. The highest BCUT2D eigenvalue weighted by molar-refractivity contribution is 5.76. The first-order valence-electron chi connectivity index (χ1n) is 17.2. The molecule has 1 rings (SSSR count). The van der Waals surface area contributed by atoms with E-state index in [0.717, 1.165) is 56.9 Å². The van der Waals surface area contributed by atoms with Crippen LogP contribution in [0.25, 0.3) is 0 Å². The molecule has 0 heterocycles. The van der Waals surface area contributed by atoms with E-state index in [-0.39, 0.29) is 11.9 Å². The summed E-state index contributed by atoms with van der Waals surface area (Å²) in [5, 5.41) is 0. The molecule has 230 valence electrons. The molecule has 0 bridgehead atoms. The van der Waals surface area contributed by atoms with Crippen LogP contribution in [-0.2, 0) is 16.0 Å². The number of hydrogen-bond donors (Lipinski definition) is 0. The second kappa shape index (κ2) is 26.1. The van der Waals surface area contributed by atoms with Crippen molar-refractivity contribution in [1.29, 1.82) is 0 Å². The topological polar surface area (TPSA) is 52.6 Å². The largest absolute Gasteiger partial charge is 0.423 e. The highest BCUT2D eigenvalue weighted by Crippen LogP contribution is 2.34. The van der Waals surface area contributed by atoms with Crippen LogP contribution in [-0.4, -0.2) is 11.9 Å². The van der Waals surface area contributed by atoms with Crippen molar-refractivity contribution in [3.63, 3.8) is 0 Å². The summed E-state index contributed by atoms with van der Waals surface area (Å²) in [7, 11) is 0. The Bertz CT molecular complexity index is 757. The average molecular weight is 559 g/mol. The van der Waals surface area contributed by atoms with Crippen molar-refractivity contribution in [1.82, 2.24) is 0 Å². The van der Waals surface area contributed by atoms with Crippen LogP contribution in [0.2, 0.25) is 0 Å². The molecule has 4 heteroatoms. The molecule has 0 spiro atoms. The fourth-order valence-corrected chi connectivity index (χ4v) is 5.20. The van der Waals surface area contributed by atoms with Crippen LogP contribution in [0.4, 0.5) is 0 Å². The molecule has 0 fully saturated rings. The average Bonchev–Trinajstić information content (AvgIpc) is 2.95. The zero-order chi connectivity index (χ0) is 29.1. The van der Waals surface area contributed by atoms with Gasteiger partial charge in [-0.15, -0.1) is 0 Å². The molecule has 0 aliphatic rings. The quantitative estimate of drug-likeness (QED) is 0.0612. The van der Waals surface area contributed by atoms with Gasteiger partial charge in [-0.25, -0.2) is 0 Å². The van der Waals surface area contributed by atoms with Gasteiger partial charge in [0.1, 0.15) is 0 Å². The first-order chi connectivity index (χ1) is 19.6. The molecule has 0 N–H and O–H groups in total. The minimum atomic E-state index is -0.236. The lowest BCUT2D eigenvalue weighted by atomic mass is 10.0. The zero-order valence-electron chi connectivity index (χ0n) is 26.5. The summed E-state index contributed by atoms with van der Waals surface area (Å²) in [5.41, 5.74) is 0.973. The molecule has 0 aliphatic carbocycles. The molecule has 1 aromatic rings. The molecular weight excluding hydrogens is 496 g/mol. The number of rotatable bonds is 27. The maximum absolute atomic E-state index is 12.8. The van der Waals surface area contributed by atoms with E-state index < -0.39 is 0 Å². The summed E-state index contributed by atoms with van der Waals surface area (Å²) >= 11 is 0. The summed E-state index contributed by atoms with van der Waals surface area (Å²) < 4.78 is 11.7. The third-order valence-electron chi connectivity index (χ3n) is 7.77. The summed E-state index contributed by atoms with van der Waals surface area (Å²) in [6, 6.07) is 5.71. The van der Waals surface area contributed by atoms with Crippen molar-refractivity contribution in [2.45, 2.75) is 181 Å². The van der Waals surface area contributed by atoms with Crippen LogP contribution in [0.15, 0.2) is 18.2 Å². The Balaban J connectivity index is 2.62. The molecule has 40 heavy (non-hydrogen) atoms. The summed E-state index contributed by atoms with van der Waals surface area (Å²) in [6.07, 6.45) is 28.0. The molecule has 0 saturated heterocycles. The maximum atomic E-state index is 12.8. The maximum Gasteiger partial charge on any atom is 0.311 e. The Hall–Kier alpha value is -1.84. The fourth-order valence-electron chi connectivity index (χ4n) is 5.20. The summed E-state index contributed by atoms with van der Waals surface area (Å²) in [6.45, 7) is 6.68. The molecule has 0 saturated carbocycles. The summed E-state index contributed by atoms with van der Waals surface area (Å²) in [5.74, 6) is 0.404. The molecule has 0 aromatic heterocycles. The van der Waals surface area contributed by atoms with Gasteiger partial charge in [0.2, 0.25) is 0 Å². The van der Waals surface area contributed by atoms with E-state index in [1.54, 1.807) is 6.07 Å². The van der Waals surface area contributed by atoms with E-state index in [1.807, 2.05) is 12.1 Å². The SMILES string of the molecule is CCCCCCCCCCCCc1cccc(OC(=O)CCCCCCCC)c1OC(=O)CCCCCCCC.